The van der Waals surface area contributed by atoms with Crippen LogP contribution in [-0.2, 0) is 6.54 Å². The molecule has 4 nitrogen and oxygen atoms in total. The number of nitrogens with zero attached hydrogens (tertiary/aromatic N) is 2. The molecule has 2 N–H and O–H groups in total. The molecule has 2 aromatic rings. The molecule has 2 rings (SSSR count). The first-order valence-corrected chi connectivity index (χ1v) is 5.50. The van der Waals surface area contributed by atoms with Gasteiger partial charge in [-0.15, -0.1) is 0 Å². The van der Waals surface area contributed by atoms with Gasteiger partial charge in [0.1, 0.15) is 0 Å². The molecule has 0 aromatic carbocycles. The highest BCUT2D eigenvalue weighted by Gasteiger charge is 1.98. The standard InChI is InChI=1S/C11H10BrN3O/c12-8-1-2-9(14-5-8)6-15-4-3-11(16)10(13)7-15/h1-5,7H,6,13H2. The Balaban J connectivity index is 2.23. The third-order valence-corrected chi connectivity index (χ3v) is 2.61. The maximum atomic E-state index is 11.1. The first kappa shape index (κ1) is 10.9. The van der Waals surface area contributed by atoms with E-state index in [4.69, 9.17) is 5.73 Å². The van der Waals surface area contributed by atoms with Gasteiger partial charge in [0.05, 0.1) is 17.9 Å². The number of rotatable bonds is 2. The Morgan fingerprint density at radius 2 is 2.19 bits per heavy atom. The summed E-state index contributed by atoms with van der Waals surface area (Å²) in [4.78, 5) is 15.3. The van der Waals surface area contributed by atoms with Crippen molar-refractivity contribution in [2.75, 3.05) is 5.73 Å². The van der Waals surface area contributed by atoms with Crippen molar-refractivity contribution in [2.24, 2.45) is 0 Å². The normalized spacial score (nSPS) is 10.3. The Hall–Kier alpha value is -1.62. The molecule has 0 saturated heterocycles. The summed E-state index contributed by atoms with van der Waals surface area (Å²) in [5.41, 5.74) is 6.54. The van der Waals surface area contributed by atoms with Crippen molar-refractivity contribution in [1.82, 2.24) is 9.55 Å². The lowest BCUT2D eigenvalue weighted by Crippen LogP contribution is -2.11. The average molecular weight is 280 g/mol. The van der Waals surface area contributed by atoms with E-state index in [1.54, 1.807) is 18.6 Å². The van der Waals surface area contributed by atoms with Gasteiger partial charge < -0.3 is 10.3 Å². The number of anilines is 1. The summed E-state index contributed by atoms with van der Waals surface area (Å²) in [5, 5.41) is 0. The molecule has 2 aromatic heterocycles. The summed E-state index contributed by atoms with van der Waals surface area (Å²) in [7, 11) is 0. The zero-order chi connectivity index (χ0) is 11.5. The van der Waals surface area contributed by atoms with Gasteiger partial charge in [-0.05, 0) is 28.1 Å². The molecule has 16 heavy (non-hydrogen) atoms. The Morgan fingerprint density at radius 1 is 1.38 bits per heavy atom. The van der Waals surface area contributed by atoms with Crippen molar-refractivity contribution in [3.8, 4) is 0 Å². The summed E-state index contributed by atoms with van der Waals surface area (Å²) < 4.78 is 2.77. The van der Waals surface area contributed by atoms with Crippen LogP contribution >= 0.6 is 15.9 Å². The van der Waals surface area contributed by atoms with E-state index in [0.29, 0.717) is 6.54 Å². The van der Waals surface area contributed by atoms with Crippen molar-refractivity contribution in [3.05, 3.63) is 57.2 Å². The smallest absolute Gasteiger partial charge is 0.204 e. The Kier molecular flexibility index (Phi) is 3.05. The van der Waals surface area contributed by atoms with Gasteiger partial charge in [-0.25, -0.2) is 0 Å². The lowest BCUT2D eigenvalue weighted by molar-refractivity contribution is 0.767. The summed E-state index contributed by atoms with van der Waals surface area (Å²) in [5.74, 6) is 0. The van der Waals surface area contributed by atoms with Crippen molar-refractivity contribution >= 4 is 21.6 Å². The minimum absolute atomic E-state index is 0.153. The molecule has 82 valence electrons. The minimum Gasteiger partial charge on any atom is -0.394 e. The van der Waals surface area contributed by atoms with E-state index in [9.17, 15) is 4.79 Å². The van der Waals surface area contributed by atoms with Crippen LogP contribution in [0.5, 0.6) is 0 Å². The summed E-state index contributed by atoms with van der Waals surface area (Å²) in [6, 6.07) is 5.29. The van der Waals surface area contributed by atoms with Crippen LogP contribution in [0.15, 0.2) is 46.1 Å². The van der Waals surface area contributed by atoms with Gasteiger partial charge in [0, 0.05) is 29.1 Å². The van der Waals surface area contributed by atoms with E-state index in [2.05, 4.69) is 20.9 Å². The third kappa shape index (κ3) is 2.49. The maximum Gasteiger partial charge on any atom is 0.204 e. The molecule has 0 fully saturated rings. The second-order valence-corrected chi connectivity index (χ2v) is 4.32. The lowest BCUT2D eigenvalue weighted by atomic mass is 10.3. The number of pyridine rings is 2. The van der Waals surface area contributed by atoms with Crippen LogP contribution in [0.2, 0.25) is 0 Å². The fraction of sp³-hybridized carbons (Fsp3) is 0.0909. The summed E-state index contributed by atoms with van der Waals surface area (Å²) >= 11 is 3.32. The Labute approximate surface area is 101 Å². The van der Waals surface area contributed by atoms with Crippen molar-refractivity contribution < 1.29 is 0 Å². The van der Waals surface area contributed by atoms with Crippen LogP contribution in [-0.4, -0.2) is 9.55 Å². The number of nitrogens with two attached hydrogens (primary N) is 1. The molecule has 0 spiro atoms. The fourth-order valence-electron chi connectivity index (χ4n) is 1.33. The maximum absolute atomic E-state index is 11.1. The molecular weight excluding hydrogens is 270 g/mol. The summed E-state index contributed by atoms with van der Waals surface area (Å²) in [6.07, 6.45) is 5.05. The molecule has 2 heterocycles. The first-order valence-electron chi connectivity index (χ1n) is 4.71. The minimum atomic E-state index is -0.153. The number of halogens is 1. The van der Waals surface area contributed by atoms with Gasteiger partial charge in [-0.1, -0.05) is 0 Å². The number of nitrogen functional groups attached to an aromatic ring is 1. The number of hydrogen-bond donors (Lipinski definition) is 1. The van der Waals surface area contributed by atoms with E-state index in [1.165, 1.54) is 6.07 Å². The van der Waals surface area contributed by atoms with Crippen LogP contribution in [0.4, 0.5) is 5.69 Å². The van der Waals surface area contributed by atoms with E-state index >= 15 is 0 Å². The first-order chi connectivity index (χ1) is 7.65. The van der Waals surface area contributed by atoms with Gasteiger partial charge in [0.15, 0.2) is 0 Å². The quantitative estimate of drug-likeness (QED) is 0.909. The van der Waals surface area contributed by atoms with Gasteiger partial charge in [0.2, 0.25) is 5.43 Å². The van der Waals surface area contributed by atoms with Crippen molar-refractivity contribution in [2.45, 2.75) is 6.54 Å². The van der Waals surface area contributed by atoms with Crippen LogP contribution in [0.25, 0.3) is 0 Å². The lowest BCUT2D eigenvalue weighted by Gasteiger charge is -2.06. The molecule has 0 atom stereocenters. The van der Waals surface area contributed by atoms with Crippen LogP contribution in [0.3, 0.4) is 0 Å². The SMILES string of the molecule is Nc1cn(Cc2ccc(Br)cn2)ccc1=O. The molecule has 0 saturated carbocycles. The van der Waals surface area contributed by atoms with Crippen molar-refractivity contribution in [1.29, 1.82) is 0 Å². The Bertz CT molecular complexity index is 548. The van der Waals surface area contributed by atoms with E-state index in [1.807, 2.05) is 16.7 Å². The molecule has 5 heteroatoms. The predicted molar refractivity (Wildman–Crippen MR) is 66.2 cm³/mol. The van der Waals surface area contributed by atoms with E-state index in [-0.39, 0.29) is 11.1 Å². The van der Waals surface area contributed by atoms with Gasteiger partial charge in [-0.3, -0.25) is 9.78 Å². The topological polar surface area (TPSA) is 60.9 Å². The second-order valence-electron chi connectivity index (χ2n) is 3.40. The zero-order valence-corrected chi connectivity index (χ0v) is 10.0. The number of hydrogen-bond acceptors (Lipinski definition) is 3. The van der Waals surface area contributed by atoms with E-state index < -0.39 is 0 Å². The molecule has 0 unspecified atom stereocenters. The van der Waals surface area contributed by atoms with Crippen molar-refractivity contribution in [3.63, 3.8) is 0 Å². The zero-order valence-electron chi connectivity index (χ0n) is 8.43. The molecule has 0 aliphatic rings. The summed E-state index contributed by atoms with van der Waals surface area (Å²) in [6.45, 7) is 0.595. The predicted octanol–water partition coefficient (Wildman–Crippen LogP) is 1.64. The number of aromatic nitrogens is 2. The van der Waals surface area contributed by atoms with Crippen LogP contribution in [0, 0.1) is 0 Å². The van der Waals surface area contributed by atoms with Crippen LogP contribution in [0.1, 0.15) is 5.69 Å². The molecule has 0 aliphatic heterocycles. The van der Waals surface area contributed by atoms with Gasteiger partial charge >= 0.3 is 0 Å². The van der Waals surface area contributed by atoms with Gasteiger partial charge in [-0.2, -0.15) is 0 Å². The largest absolute Gasteiger partial charge is 0.394 e. The fourth-order valence-corrected chi connectivity index (χ4v) is 1.56. The molecular formula is C11H10BrN3O. The highest BCUT2D eigenvalue weighted by molar-refractivity contribution is 9.10. The average Bonchev–Trinajstić information content (AvgIpc) is 2.27. The highest BCUT2D eigenvalue weighted by atomic mass is 79.9. The van der Waals surface area contributed by atoms with Crippen LogP contribution < -0.4 is 11.2 Å². The molecule has 0 amide bonds. The Morgan fingerprint density at radius 3 is 2.81 bits per heavy atom. The monoisotopic (exact) mass is 279 g/mol. The third-order valence-electron chi connectivity index (χ3n) is 2.14. The van der Waals surface area contributed by atoms with Gasteiger partial charge in [0.25, 0.3) is 0 Å². The van der Waals surface area contributed by atoms with E-state index in [0.717, 1.165) is 10.2 Å². The molecule has 0 bridgehead atoms. The second kappa shape index (κ2) is 4.49. The molecule has 0 aliphatic carbocycles. The highest BCUT2D eigenvalue weighted by Crippen LogP contribution is 2.08. The molecule has 0 radical (unpaired) electrons.